The number of hydrogen-bond acceptors (Lipinski definition) is 6. The van der Waals surface area contributed by atoms with Crippen LogP contribution in [0, 0.1) is 0 Å². The Hall–Kier alpha value is -2.39. The third-order valence-electron chi connectivity index (χ3n) is 1.99. The van der Waals surface area contributed by atoms with E-state index in [4.69, 9.17) is 4.74 Å². The van der Waals surface area contributed by atoms with Crippen LogP contribution in [0.5, 0.6) is 11.9 Å². The minimum atomic E-state index is -4.59. The molecule has 19 heavy (non-hydrogen) atoms. The van der Waals surface area contributed by atoms with Crippen LogP contribution in [0.15, 0.2) is 12.4 Å². The van der Waals surface area contributed by atoms with Crippen molar-refractivity contribution >= 4 is 5.95 Å². The lowest BCUT2D eigenvalue weighted by molar-refractivity contribution is -0.141. The standard InChI is InChI=1S/C9H9F3N6O/c1-13-7-15-5(9(10,11)12)3-6(16-7)19-8-14-4-18(2)17-8/h3-4H,1-2H3,(H,13,15,16). The van der Waals surface area contributed by atoms with E-state index in [2.05, 4.69) is 25.4 Å². The van der Waals surface area contributed by atoms with E-state index < -0.39 is 11.9 Å². The van der Waals surface area contributed by atoms with Gasteiger partial charge in [0.1, 0.15) is 6.33 Å². The zero-order valence-corrected chi connectivity index (χ0v) is 9.93. The first-order chi connectivity index (χ1) is 8.88. The molecule has 0 atom stereocenters. The average molecular weight is 274 g/mol. The highest BCUT2D eigenvalue weighted by Crippen LogP contribution is 2.30. The van der Waals surface area contributed by atoms with Crippen LogP contribution in [0.25, 0.3) is 0 Å². The summed E-state index contributed by atoms with van der Waals surface area (Å²) in [4.78, 5) is 10.8. The number of aryl methyl sites for hydroxylation is 1. The molecule has 0 saturated carbocycles. The van der Waals surface area contributed by atoms with Crippen LogP contribution >= 0.6 is 0 Å². The molecule has 0 saturated heterocycles. The van der Waals surface area contributed by atoms with Crippen LogP contribution in [0.4, 0.5) is 19.1 Å². The van der Waals surface area contributed by atoms with Crippen LogP contribution in [-0.4, -0.2) is 31.8 Å². The number of nitrogens with zero attached hydrogens (tertiary/aromatic N) is 5. The van der Waals surface area contributed by atoms with Crippen molar-refractivity contribution in [3.63, 3.8) is 0 Å². The lowest BCUT2D eigenvalue weighted by Gasteiger charge is -2.09. The first kappa shape index (κ1) is 13.1. The van der Waals surface area contributed by atoms with E-state index in [1.165, 1.54) is 18.1 Å². The van der Waals surface area contributed by atoms with Gasteiger partial charge in [-0.1, -0.05) is 0 Å². The molecule has 2 aromatic heterocycles. The van der Waals surface area contributed by atoms with Gasteiger partial charge in [0.15, 0.2) is 5.69 Å². The molecule has 0 bridgehead atoms. The maximum atomic E-state index is 12.6. The Morgan fingerprint density at radius 1 is 1.32 bits per heavy atom. The lowest BCUT2D eigenvalue weighted by atomic mass is 10.4. The van der Waals surface area contributed by atoms with Crippen LogP contribution in [0.1, 0.15) is 5.69 Å². The molecule has 0 fully saturated rings. The monoisotopic (exact) mass is 274 g/mol. The molecule has 0 radical (unpaired) electrons. The van der Waals surface area contributed by atoms with E-state index >= 15 is 0 Å². The van der Waals surface area contributed by atoms with E-state index in [1.54, 1.807) is 7.05 Å². The molecule has 2 aromatic rings. The molecular weight excluding hydrogens is 265 g/mol. The fraction of sp³-hybridized carbons (Fsp3) is 0.333. The summed E-state index contributed by atoms with van der Waals surface area (Å²) in [7, 11) is 3.00. The maximum absolute atomic E-state index is 12.6. The Balaban J connectivity index is 2.34. The summed E-state index contributed by atoms with van der Waals surface area (Å²) >= 11 is 0. The van der Waals surface area contributed by atoms with Crippen molar-refractivity contribution in [2.45, 2.75) is 6.18 Å². The number of halogens is 3. The van der Waals surface area contributed by atoms with Crippen molar-refractivity contribution in [2.24, 2.45) is 7.05 Å². The summed E-state index contributed by atoms with van der Waals surface area (Å²) in [5.74, 6) is -0.501. The van der Waals surface area contributed by atoms with Gasteiger partial charge in [0.05, 0.1) is 0 Å². The second-order valence-corrected chi connectivity index (χ2v) is 3.47. The Bertz CT molecular complexity index is 582. The quantitative estimate of drug-likeness (QED) is 0.913. The fourth-order valence-corrected chi connectivity index (χ4v) is 1.19. The second-order valence-electron chi connectivity index (χ2n) is 3.47. The van der Waals surface area contributed by atoms with Crippen LogP contribution in [0.3, 0.4) is 0 Å². The highest BCUT2D eigenvalue weighted by atomic mass is 19.4. The van der Waals surface area contributed by atoms with Gasteiger partial charge in [-0.15, -0.1) is 5.10 Å². The van der Waals surface area contributed by atoms with Crippen molar-refractivity contribution in [1.29, 1.82) is 0 Å². The molecule has 0 amide bonds. The number of rotatable bonds is 3. The summed E-state index contributed by atoms with van der Waals surface area (Å²) in [6.07, 6.45) is -3.25. The van der Waals surface area contributed by atoms with Gasteiger partial charge in [-0.3, -0.25) is 4.68 Å². The molecule has 0 spiro atoms. The highest BCUT2D eigenvalue weighted by Gasteiger charge is 2.34. The molecule has 2 rings (SSSR count). The summed E-state index contributed by atoms with van der Waals surface area (Å²) in [6, 6.07) is 0.577. The van der Waals surface area contributed by atoms with Crippen molar-refractivity contribution < 1.29 is 17.9 Å². The first-order valence-electron chi connectivity index (χ1n) is 5.06. The van der Waals surface area contributed by atoms with E-state index in [1.807, 2.05) is 0 Å². The normalized spacial score (nSPS) is 11.4. The van der Waals surface area contributed by atoms with Gasteiger partial charge in [-0.2, -0.15) is 23.1 Å². The SMILES string of the molecule is CNc1nc(Oc2ncn(C)n2)cc(C(F)(F)F)n1. The molecule has 0 aliphatic carbocycles. The maximum Gasteiger partial charge on any atom is 0.433 e. The molecule has 1 N–H and O–H groups in total. The highest BCUT2D eigenvalue weighted by molar-refractivity contribution is 5.32. The molecule has 0 aromatic carbocycles. The van der Waals surface area contributed by atoms with Crippen LogP contribution in [-0.2, 0) is 13.2 Å². The van der Waals surface area contributed by atoms with Gasteiger partial charge in [-0.25, -0.2) is 4.98 Å². The number of ether oxygens (including phenoxy) is 1. The van der Waals surface area contributed by atoms with Gasteiger partial charge in [0.25, 0.3) is 0 Å². The smallest absolute Gasteiger partial charge is 0.404 e. The average Bonchev–Trinajstić information content (AvgIpc) is 2.73. The fourth-order valence-electron chi connectivity index (χ4n) is 1.19. The van der Waals surface area contributed by atoms with E-state index in [-0.39, 0.29) is 17.8 Å². The number of alkyl halides is 3. The molecule has 0 aliphatic rings. The number of aromatic nitrogens is 5. The molecule has 10 heteroatoms. The zero-order chi connectivity index (χ0) is 14.0. The van der Waals surface area contributed by atoms with Crippen LogP contribution < -0.4 is 10.1 Å². The second kappa shape index (κ2) is 4.71. The Kier molecular flexibility index (Phi) is 3.23. The van der Waals surface area contributed by atoms with E-state index in [9.17, 15) is 13.2 Å². The van der Waals surface area contributed by atoms with E-state index in [0.717, 1.165) is 0 Å². The van der Waals surface area contributed by atoms with E-state index in [0.29, 0.717) is 6.07 Å². The van der Waals surface area contributed by atoms with Crippen molar-refractivity contribution in [2.75, 3.05) is 12.4 Å². The Morgan fingerprint density at radius 2 is 2.05 bits per heavy atom. The molecular formula is C9H9F3N6O. The largest absolute Gasteiger partial charge is 0.433 e. The Labute approximate surface area is 105 Å². The predicted molar refractivity (Wildman–Crippen MR) is 57.7 cm³/mol. The van der Waals surface area contributed by atoms with Gasteiger partial charge in [0, 0.05) is 20.2 Å². The third-order valence-corrected chi connectivity index (χ3v) is 1.99. The van der Waals surface area contributed by atoms with Crippen molar-refractivity contribution in [1.82, 2.24) is 24.7 Å². The Morgan fingerprint density at radius 3 is 2.58 bits per heavy atom. The predicted octanol–water partition coefficient (Wildman–Crippen LogP) is 1.46. The van der Waals surface area contributed by atoms with Gasteiger partial charge in [-0.05, 0) is 0 Å². The molecule has 0 unspecified atom stereocenters. The summed E-state index contributed by atoms with van der Waals surface area (Å²) in [5, 5.41) is 6.20. The van der Waals surface area contributed by atoms with Crippen LogP contribution in [0.2, 0.25) is 0 Å². The third kappa shape index (κ3) is 3.09. The summed E-state index contributed by atoms with van der Waals surface area (Å²) < 4.78 is 44.2. The van der Waals surface area contributed by atoms with Gasteiger partial charge < -0.3 is 10.1 Å². The molecule has 2 heterocycles. The summed E-state index contributed by atoms with van der Waals surface area (Å²) in [6.45, 7) is 0. The number of hydrogen-bond donors (Lipinski definition) is 1. The van der Waals surface area contributed by atoms with Crippen molar-refractivity contribution in [3.8, 4) is 11.9 Å². The number of anilines is 1. The first-order valence-corrected chi connectivity index (χ1v) is 5.06. The lowest BCUT2D eigenvalue weighted by Crippen LogP contribution is -2.11. The summed E-state index contributed by atoms with van der Waals surface area (Å²) in [5.41, 5.74) is -1.11. The molecule has 7 nitrogen and oxygen atoms in total. The molecule has 102 valence electrons. The molecule has 0 aliphatic heterocycles. The van der Waals surface area contributed by atoms with Gasteiger partial charge in [0.2, 0.25) is 11.8 Å². The topological polar surface area (TPSA) is 77.8 Å². The van der Waals surface area contributed by atoms with Gasteiger partial charge >= 0.3 is 12.2 Å². The minimum absolute atomic E-state index is 0.101. The minimum Gasteiger partial charge on any atom is -0.404 e. The zero-order valence-electron chi connectivity index (χ0n) is 9.93. The number of nitrogens with one attached hydrogen (secondary N) is 1. The van der Waals surface area contributed by atoms with Crippen molar-refractivity contribution in [3.05, 3.63) is 18.1 Å².